The summed E-state index contributed by atoms with van der Waals surface area (Å²) >= 11 is 0. The third kappa shape index (κ3) is 2.44. The van der Waals surface area contributed by atoms with Crippen molar-refractivity contribution in [2.45, 2.75) is 72.1 Å². The number of hydrogen-bond acceptors (Lipinski definition) is 3. The molecule has 4 rings (SSSR count). The van der Waals surface area contributed by atoms with Gasteiger partial charge in [0.25, 0.3) is 0 Å². The second kappa shape index (κ2) is 5.96. The monoisotopic (exact) mass is 343 g/mol. The molecule has 0 aromatic carbocycles. The predicted molar refractivity (Wildman–Crippen MR) is 100 cm³/mol. The lowest BCUT2D eigenvalue weighted by Gasteiger charge is -2.58. The first kappa shape index (κ1) is 17.3. The fraction of sp³-hybridized carbons (Fsp3) is 0.818. The second-order valence-electron chi connectivity index (χ2n) is 9.55. The molecule has 4 aliphatic rings. The summed E-state index contributed by atoms with van der Waals surface area (Å²) in [6.07, 6.45) is 12.0. The molecule has 138 valence electrons. The second-order valence-corrected chi connectivity index (χ2v) is 9.55. The standard InChI is InChI=1S/C22H33NO2/c1-14(24)18-7-8-19-17-6-5-15-13-16(23-25-4)9-11-21(15,2)20(17)10-12-22(18,19)3/h13,17-20H,5-12H2,1-4H3/t17-,18+,19-,20-,21-,22+/m0/s1. The third-order valence-electron chi connectivity index (χ3n) is 8.68. The Morgan fingerprint density at radius 1 is 1.12 bits per heavy atom. The lowest BCUT2D eigenvalue weighted by atomic mass is 9.46. The number of hydrogen-bond donors (Lipinski definition) is 0. The number of Topliss-reactive ketones (excluding diaryl/α,β-unsaturated/α-hetero) is 1. The molecule has 0 radical (unpaired) electrons. The summed E-state index contributed by atoms with van der Waals surface area (Å²) in [5.41, 5.74) is 3.33. The van der Waals surface area contributed by atoms with Crippen LogP contribution in [0.4, 0.5) is 0 Å². The molecule has 0 aliphatic heterocycles. The van der Waals surface area contributed by atoms with Crippen LogP contribution in [0.3, 0.4) is 0 Å². The minimum atomic E-state index is 0.266. The third-order valence-corrected chi connectivity index (χ3v) is 8.68. The number of carbonyl (C=O) groups is 1. The van der Waals surface area contributed by atoms with Crippen molar-refractivity contribution in [2.75, 3.05) is 7.11 Å². The van der Waals surface area contributed by atoms with E-state index in [1.165, 1.54) is 38.5 Å². The number of nitrogens with zero attached hydrogens (tertiary/aromatic N) is 1. The summed E-state index contributed by atoms with van der Waals surface area (Å²) in [4.78, 5) is 17.2. The van der Waals surface area contributed by atoms with Crippen LogP contribution in [0.2, 0.25) is 0 Å². The Morgan fingerprint density at radius 3 is 2.64 bits per heavy atom. The molecule has 0 saturated heterocycles. The maximum absolute atomic E-state index is 12.2. The van der Waals surface area contributed by atoms with Gasteiger partial charge in [-0.2, -0.15) is 0 Å². The highest BCUT2D eigenvalue weighted by atomic mass is 16.6. The van der Waals surface area contributed by atoms with Gasteiger partial charge in [-0.05, 0) is 93.0 Å². The van der Waals surface area contributed by atoms with Crippen LogP contribution in [-0.4, -0.2) is 18.6 Å². The van der Waals surface area contributed by atoms with Crippen molar-refractivity contribution in [1.29, 1.82) is 0 Å². The Bertz CT molecular complexity index is 636. The first-order valence-corrected chi connectivity index (χ1v) is 10.2. The van der Waals surface area contributed by atoms with Crippen LogP contribution < -0.4 is 0 Å². The molecule has 0 amide bonds. The van der Waals surface area contributed by atoms with Crippen LogP contribution >= 0.6 is 0 Å². The van der Waals surface area contributed by atoms with E-state index in [0.29, 0.717) is 17.1 Å². The molecule has 0 bridgehead atoms. The number of allylic oxidation sites excluding steroid dienone is 2. The normalized spacial score (nSPS) is 47.5. The number of carbonyl (C=O) groups excluding carboxylic acids is 1. The molecule has 3 heteroatoms. The number of oxime groups is 1. The zero-order valence-electron chi connectivity index (χ0n) is 16.3. The maximum atomic E-state index is 12.2. The molecular weight excluding hydrogens is 310 g/mol. The molecule has 0 N–H and O–H groups in total. The lowest BCUT2D eigenvalue weighted by molar-refractivity contribution is -0.127. The molecular formula is C22H33NO2. The number of ketones is 1. The SMILES string of the molecule is CON=C1C=C2CC[C@H]3[C@@H]4CC[C@H](C(C)=O)[C@@]4(C)CC[C@@H]3[C@@]2(C)CC1. The van der Waals surface area contributed by atoms with E-state index >= 15 is 0 Å². The van der Waals surface area contributed by atoms with Crippen molar-refractivity contribution < 1.29 is 9.63 Å². The minimum Gasteiger partial charge on any atom is -0.399 e. The van der Waals surface area contributed by atoms with Gasteiger partial charge >= 0.3 is 0 Å². The van der Waals surface area contributed by atoms with E-state index in [-0.39, 0.29) is 5.41 Å². The molecule has 6 atom stereocenters. The number of fused-ring (bicyclic) bond motifs is 5. The quantitative estimate of drug-likeness (QED) is 0.650. The van der Waals surface area contributed by atoms with Crippen LogP contribution in [0.25, 0.3) is 0 Å². The van der Waals surface area contributed by atoms with E-state index in [9.17, 15) is 4.79 Å². The van der Waals surface area contributed by atoms with Gasteiger partial charge in [0, 0.05) is 5.92 Å². The van der Waals surface area contributed by atoms with E-state index in [1.54, 1.807) is 12.7 Å². The summed E-state index contributed by atoms with van der Waals surface area (Å²) < 4.78 is 0. The van der Waals surface area contributed by atoms with Gasteiger partial charge in [-0.25, -0.2) is 0 Å². The molecule has 0 heterocycles. The molecule has 0 unspecified atom stereocenters. The number of rotatable bonds is 2. The van der Waals surface area contributed by atoms with Gasteiger partial charge in [0.05, 0.1) is 5.71 Å². The summed E-state index contributed by atoms with van der Waals surface area (Å²) in [7, 11) is 1.64. The van der Waals surface area contributed by atoms with Crippen molar-refractivity contribution in [3.8, 4) is 0 Å². The fourth-order valence-corrected chi connectivity index (χ4v) is 7.43. The molecule has 4 aliphatic carbocycles. The zero-order valence-corrected chi connectivity index (χ0v) is 16.3. The molecule has 0 aromatic heterocycles. The highest BCUT2D eigenvalue weighted by molar-refractivity contribution is 5.96. The molecule has 25 heavy (non-hydrogen) atoms. The summed E-state index contributed by atoms with van der Waals surface area (Å²) in [5, 5.41) is 4.21. The van der Waals surface area contributed by atoms with E-state index in [0.717, 1.165) is 36.3 Å². The van der Waals surface area contributed by atoms with Gasteiger partial charge in [-0.3, -0.25) is 4.79 Å². The lowest BCUT2D eigenvalue weighted by Crippen LogP contribution is -2.51. The maximum Gasteiger partial charge on any atom is 0.133 e. The summed E-state index contributed by atoms with van der Waals surface area (Å²) in [6.45, 7) is 6.77. The topological polar surface area (TPSA) is 38.7 Å². The average molecular weight is 344 g/mol. The van der Waals surface area contributed by atoms with Crippen LogP contribution in [0.15, 0.2) is 16.8 Å². The molecule has 3 saturated carbocycles. The zero-order chi connectivity index (χ0) is 17.8. The summed E-state index contributed by atoms with van der Waals surface area (Å²) in [5.74, 6) is 3.11. The first-order chi connectivity index (χ1) is 11.9. The van der Waals surface area contributed by atoms with Crippen LogP contribution in [-0.2, 0) is 9.63 Å². The van der Waals surface area contributed by atoms with Gasteiger partial charge in [-0.1, -0.05) is 24.6 Å². The van der Waals surface area contributed by atoms with Crippen LogP contribution in [0.5, 0.6) is 0 Å². The molecule has 0 spiro atoms. The van der Waals surface area contributed by atoms with E-state index in [2.05, 4.69) is 25.1 Å². The Balaban J connectivity index is 1.64. The van der Waals surface area contributed by atoms with Crippen molar-refractivity contribution in [1.82, 2.24) is 0 Å². The highest BCUT2D eigenvalue weighted by Crippen LogP contribution is 2.66. The Labute approximate surface area is 152 Å². The highest BCUT2D eigenvalue weighted by Gasteiger charge is 2.59. The molecule has 3 nitrogen and oxygen atoms in total. The van der Waals surface area contributed by atoms with Gasteiger partial charge in [0.15, 0.2) is 0 Å². The first-order valence-electron chi connectivity index (χ1n) is 10.2. The van der Waals surface area contributed by atoms with Crippen molar-refractivity contribution >= 4 is 11.5 Å². The Kier molecular flexibility index (Phi) is 4.12. The molecule has 0 aromatic rings. The molecule has 3 fully saturated rings. The van der Waals surface area contributed by atoms with E-state index in [1.807, 2.05) is 6.92 Å². The van der Waals surface area contributed by atoms with Crippen molar-refractivity contribution in [3.63, 3.8) is 0 Å². The van der Waals surface area contributed by atoms with Gasteiger partial charge in [-0.15, -0.1) is 0 Å². The van der Waals surface area contributed by atoms with E-state index < -0.39 is 0 Å². The minimum absolute atomic E-state index is 0.266. The summed E-state index contributed by atoms with van der Waals surface area (Å²) in [6, 6.07) is 0. The van der Waals surface area contributed by atoms with Gasteiger partial charge in [0.2, 0.25) is 0 Å². The van der Waals surface area contributed by atoms with Crippen molar-refractivity contribution in [3.05, 3.63) is 11.6 Å². The Morgan fingerprint density at radius 2 is 1.92 bits per heavy atom. The largest absolute Gasteiger partial charge is 0.399 e. The van der Waals surface area contributed by atoms with E-state index in [4.69, 9.17) is 4.84 Å². The predicted octanol–water partition coefficient (Wildman–Crippen LogP) is 5.16. The van der Waals surface area contributed by atoms with Gasteiger partial charge in [0.1, 0.15) is 12.9 Å². The van der Waals surface area contributed by atoms with Crippen LogP contribution in [0.1, 0.15) is 72.1 Å². The average Bonchev–Trinajstić information content (AvgIpc) is 2.93. The Hall–Kier alpha value is -1.12. The van der Waals surface area contributed by atoms with Crippen molar-refractivity contribution in [2.24, 2.45) is 39.7 Å². The van der Waals surface area contributed by atoms with Crippen LogP contribution in [0, 0.1) is 34.5 Å². The smallest absolute Gasteiger partial charge is 0.133 e. The van der Waals surface area contributed by atoms with Gasteiger partial charge < -0.3 is 4.84 Å². The fourth-order valence-electron chi connectivity index (χ4n) is 7.43.